The van der Waals surface area contributed by atoms with Crippen molar-refractivity contribution in [1.29, 1.82) is 0 Å². The van der Waals surface area contributed by atoms with Crippen molar-refractivity contribution >= 4 is 18.0 Å². The van der Waals surface area contributed by atoms with Crippen LogP contribution in [0.1, 0.15) is 86.3 Å². The summed E-state index contributed by atoms with van der Waals surface area (Å²) in [6.45, 7) is 31.7. The third-order valence-electron chi connectivity index (χ3n) is 5.21. The van der Waals surface area contributed by atoms with Gasteiger partial charge in [-0.05, 0) is 55.9 Å². The zero-order valence-electron chi connectivity index (χ0n) is 32.0. The smallest absolute Gasteiger partial charge is 0.217 e. The summed E-state index contributed by atoms with van der Waals surface area (Å²) in [6.07, 6.45) is 14.6. The summed E-state index contributed by atoms with van der Waals surface area (Å²) < 4.78 is 20.8. The molecule has 1 aromatic carbocycles. The van der Waals surface area contributed by atoms with Gasteiger partial charge in [0.2, 0.25) is 5.91 Å². The standard InChI is InChI=1S/C16H16N4O2.C5H10NO.C4H9N3.C4H9.2C3H5.2Y/c1-4-6-14-12(5-2)16(18-10(3)21)13-8-7-11(19-20-17)9-15(13)22-14;1-3-5(2)6-4-7;1-3-4(2)6-7-5;1-3-4-2;2*1-3-2;;/h4-9,16H,2H2,1,3H3,(H,18,21);5H,3H2,1-2H3,(H,6,7);4H,3H2,1-2H3;3H,4H2,1-2H3;2*3H,1-2H2;;/q;-1;;3*-1;;/b6-4+;;;;;;;/i/hT2. The van der Waals surface area contributed by atoms with Crippen molar-refractivity contribution in [2.75, 3.05) is 0 Å². The molecule has 2 rings (SSSR count). The maximum atomic E-state index is 11.7. The first-order valence-electron chi connectivity index (χ1n) is 15.6. The Morgan fingerprint density at radius 1 is 1.17 bits per heavy atom. The Hall–Kier alpha value is -2.77. The Bertz CT molecular complexity index is 1240. The van der Waals surface area contributed by atoms with Gasteiger partial charge in [-0.1, -0.05) is 68.8 Å². The van der Waals surface area contributed by atoms with Gasteiger partial charge >= 0.3 is 0 Å². The quantitative estimate of drug-likeness (QED) is 0.0791. The number of carbonyl (C=O) groups excluding carboxylic acids is 2. The van der Waals surface area contributed by atoms with E-state index in [0.717, 1.165) is 23.5 Å². The molecule has 3 unspecified atom stereocenters. The van der Waals surface area contributed by atoms with Gasteiger partial charge in [-0.25, -0.2) is 39.2 Å². The number of nitrogens with zero attached hydrogens (tertiary/aromatic N) is 6. The summed E-state index contributed by atoms with van der Waals surface area (Å²) in [4.78, 5) is 26.8. The first kappa shape index (κ1) is 52.0. The molecule has 0 bridgehead atoms. The molecule has 2 amide bonds. The molecule has 0 aromatic heterocycles. The average molecular weight is 817 g/mol. The average Bonchev–Trinajstić information content (AvgIpc) is 3.08. The molecule has 1 aromatic rings. The molecule has 0 saturated carbocycles. The Morgan fingerprint density at radius 2 is 1.71 bits per heavy atom. The second-order valence-corrected chi connectivity index (χ2v) is 8.92. The van der Waals surface area contributed by atoms with Gasteiger partial charge in [-0.2, -0.15) is 19.8 Å². The third kappa shape index (κ3) is 31.8. The molecule has 13 heteroatoms. The van der Waals surface area contributed by atoms with Crippen LogP contribution in [0.2, 0.25) is 2.82 Å². The summed E-state index contributed by atoms with van der Waals surface area (Å²) in [5.41, 5.74) is 18.0. The van der Waals surface area contributed by atoms with Crippen molar-refractivity contribution in [3.05, 3.63) is 126 Å². The number of carbonyl (C=O) groups is 1. The number of fused-ring (bicyclic) bond motifs is 1. The van der Waals surface area contributed by atoms with Crippen LogP contribution in [-0.2, 0) is 75.0 Å². The SMILES string of the molecule is C=C[CH2-].C=C[CH2-].CCC(C)N=[N+]=[N-].C[CH-]CC.[3H]N(C(C)=O)C1C(C=C)=C(/C=C/C)Oc2cc(N=[N+]=[N-])ccc21.[3H]N([C-]=O)C(C)CC.[Y].[Y]. The maximum Gasteiger partial charge on any atom is 0.217 e. The largest absolute Gasteiger partial charge is 0.528 e. The van der Waals surface area contributed by atoms with Crippen LogP contribution < -0.4 is 15.4 Å². The number of hydrogen-bond donors (Lipinski definition) is 2. The number of nitrogens with one attached hydrogen (secondary N) is 2. The predicted molar refractivity (Wildman–Crippen MR) is 193 cm³/mol. The van der Waals surface area contributed by atoms with E-state index in [1.165, 1.54) is 31.9 Å². The summed E-state index contributed by atoms with van der Waals surface area (Å²) in [7, 11) is 0. The van der Waals surface area contributed by atoms with Gasteiger partial charge in [0.05, 0.1) is 6.04 Å². The molecular weight excluding hydrogens is 758 g/mol. The monoisotopic (exact) mass is 816 g/mol. The minimum absolute atomic E-state index is 0. The van der Waals surface area contributed by atoms with Crippen LogP contribution in [0.25, 0.3) is 20.9 Å². The van der Waals surface area contributed by atoms with Gasteiger partial charge in [-0.3, -0.25) is 4.79 Å². The van der Waals surface area contributed by atoms with E-state index in [4.69, 9.17) is 18.6 Å². The number of amides is 2. The van der Waals surface area contributed by atoms with Crippen LogP contribution in [0.3, 0.4) is 0 Å². The molecule has 0 saturated heterocycles. The Labute approximate surface area is 343 Å². The van der Waals surface area contributed by atoms with Crippen molar-refractivity contribution in [3.8, 4) is 5.75 Å². The second kappa shape index (κ2) is 42.3. The number of hydrogen-bond acceptors (Lipinski definition) is 5. The van der Waals surface area contributed by atoms with E-state index in [2.05, 4.69) is 73.9 Å². The van der Waals surface area contributed by atoms with Crippen LogP contribution in [0, 0.1) is 20.3 Å². The predicted octanol–water partition coefficient (Wildman–Crippen LogP) is 10.4. The van der Waals surface area contributed by atoms with E-state index >= 15 is 0 Å². The maximum absolute atomic E-state index is 11.7. The van der Waals surface area contributed by atoms with E-state index in [0.29, 0.717) is 28.3 Å². The molecule has 2 N–H and O–H groups in total. The molecule has 1 aliphatic heterocycles. The number of benzene rings is 1. The minimum atomic E-state index is -0.639. The van der Waals surface area contributed by atoms with Gasteiger partial charge < -0.3 is 26.6 Å². The molecule has 2 radical (unpaired) electrons. The molecular formula is C35H54N8O3Y2-4. The zero-order valence-corrected chi connectivity index (χ0v) is 35.7. The van der Waals surface area contributed by atoms with Gasteiger partial charge in [0.1, 0.15) is 12.9 Å². The number of rotatable bonds is 10. The Balaban J connectivity index is -0.000000148. The zero-order chi connectivity index (χ0) is 38.1. The van der Waals surface area contributed by atoms with Crippen molar-refractivity contribution in [2.24, 2.45) is 10.2 Å². The van der Waals surface area contributed by atoms with Crippen molar-refractivity contribution in [3.63, 3.8) is 0 Å². The molecule has 0 fully saturated rings. The van der Waals surface area contributed by atoms with Crippen molar-refractivity contribution < 1.29 is 82.6 Å². The normalized spacial score (nSPS) is 13.0. The molecule has 48 heavy (non-hydrogen) atoms. The summed E-state index contributed by atoms with van der Waals surface area (Å²) in [5.74, 6) is 0.537. The minimum Gasteiger partial charge on any atom is -0.528 e. The second-order valence-electron chi connectivity index (χ2n) is 8.92. The summed E-state index contributed by atoms with van der Waals surface area (Å²) in [5, 5.41) is 8.65. The van der Waals surface area contributed by atoms with Gasteiger partial charge in [-0.15, -0.1) is 0 Å². The van der Waals surface area contributed by atoms with Crippen molar-refractivity contribution in [1.82, 2.24) is 10.6 Å². The Kier molecular flexibility index (Phi) is 45.8. The first-order chi connectivity index (χ1) is 22.8. The molecule has 11 nitrogen and oxygen atoms in total. The fourth-order valence-electron chi connectivity index (χ4n) is 2.60. The molecule has 0 spiro atoms. The fraction of sp³-hybridized carbons (Fsp3) is 0.400. The van der Waals surface area contributed by atoms with Gasteiger partial charge in [0, 0.05) is 105 Å². The van der Waals surface area contributed by atoms with E-state index in [9.17, 15) is 9.59 Å². The summed E-state index contributed by atoms with van der Waals surface area (Å²) in [6, 6.07) is 4.39. The van der Waals surface area contributed by atoms with E-state index in [1.807, 2.05) is 27.7 Å². The van der Waals surface area contributed by atoms with Crippen LogP contribution in [-0.4, -0.2) is 24.4 Å². The molecule has 262 valence electrons. The molecule has 1 heterocycles. The third-order valence-corrected chi connectivity index (χ3v) is 5.21. The number of azide groups is 2. The molecule has 3 atom stereocenters. The van der Waals surface area contributed by atoms with Gasteiger partial charge in [0.25, 0.3) is 0 Å². The Morgan fingerprint density at radius 3 is 2.02 bits per heavy atom. The van der Waals surface area contributed by atoms with E-state index < -0.39 is 11.9 Å². The van der Waals surface area contributed by atoms with Crippen LogP contribution in [0.15, 0.2) is 89.9 Å². The molecule has 1 aliphatic rings. The van der Waals surface area contributed by atoms with Crippen LogP contribution in [0.4, 0.5) is 5.69 Å². The number of allylic oxidation sites excluding steroid dienone is 4. The van der Waals surface area contributed by atoms with Crippen molar-refractivity contribution in [2.45, 2.75) is 92.8 Å². The first-order valence-corrected chi connectivity index (χ1v) is 14.7. The fourth-order valence-corrected chi connectivity index (χ4v) is 2.60. The van der Waals surface area contributed by atoms with E-state index in [1.54, 1.807) is 43.4 Å². The number of unbranched alkanes of at least 4 members (excludes halogenated alkanes) is 1. The molecule has 0 aliphatic carbocycles. The van der Waals surface area contributed by atoms with Gasteiger partial charge in [0.15, 0.2) is 1.41 Å². The summed E-state index contributed by atoms with van der Waals surface area (Å²) >= 11 is 0. The topological polar surface area (TPSA) is 165 Å². The number of ether oxygens (including phenoxy) is 1. The van der Waals surface area contributed by atoms with E-state index in [-0.39, 0.29) is 77.5 Å². The van der Waals surface area contributed by atoms with Crippen LogP contribution >= 0.6 is 0 Å². The van der Waals surface area contributed by atoms with Crippen LogP contribution in [0.5, 0.6) is 5.75 Å².